The average molecular weight is 309 g/mol. The Hall–Kier alpha value is -2.59. The monoisotopic (exact) mass is 309 g/mol. The summed E-state index contributed by atoms with van der Waals surface area (Å²) >= 11 is 0. The van der Waals surface area contributed by atoms with Gasteiger partial charge in [-0.05, 0) is 36.2 Å². The predicted molar refractivity (Wildman–Crippen MR) is 91.8 cm³/mol. The highest BCUT2D eigenvalue weighted by molar-refractivity contribution is 5.81. The predicted octanol–water partition coefficient (Wildman–Crippen LogP) is 3.10. The Bertz CT molecular complexity index is 855. The van der Waals surface area contributed by atoms with E-state index in [2.05, 4.69) is 0 Å². The van der Waals surface area contributed by atoms with Crippen molar-refractivity contribution in [3.63, 3.8) is 0 Å². The van der Waals surface area contributed by atoms with Crippen LogP contribution in [0.15, 0.2) is 63.8 Å². The number of rotatable bonds is 5. The van der Waals surface area contributed by atoms with Gasteiger partial charge in [0.15, 0.2) is 0 Å². The molecule has 118 valence electrons. The summed E-state index contributed by atoms with van der Waals surface area (Å²) < 4.78 is 5.31. The van der Waals surface area contributed by atoms with Gasteiger partial charge in [-0.1, -0.05) is 30.3 Å². The Morgan fingerprint density at radius 1 is 1.09 bits per heavy atom. The molecular formula is C19H19NO3. The smallest absolute Gasteiger partial charge is 0.336 e. The lowest BCUT2D eigenvalue weighted by molar-refractivity contribution is 0.301. The minimum atomic E-state index is -0.352. The molecule has 0 aliphatic rings. The third-order valence-electron chi connectivity index (χ3n) is 3.84. The fourth-order valence-corrected chi connectivity index (χ4v) is 2.73. The maximum atomic E-state index is 11.9. The van der Waals surface area contributed by atoms with Crippen molar-refractivity contribution in [2.75, 3.05) is 18.1 Å². The number of anilines is 1. The molecule has 23 heavy (non-hydrogen) atoms. The lowest BCUT2D eigenvalue weighted by Crippen LogP contribution is -2.26. The van der Waals surface area contributed by atoms with Gasteiger partial charge in [0.2, 0.25) is 0 Å². The quantitative estimate of drug-likeness (QED) is 0.736. The summed E-state index contributed by atoms with van der Waals surface area (Å²) in [7, 11) is 0. The lowest BCUT2D eigenvalue weighted by atomic mass is 10.1. The summed E-state index contributed by atoms with van der Waals surface area (Å²) in [5, 5.41) is 10.3. The molecule has 1 N–H and O–H groups in total. The summed E-state index contributed by atoms with van der Waals surface area (Å²) in [4.78, 5) is 13.9. The van der Waals surface area contributed by atoms with E-state index in [1.54, 1.807) is 0 Å². The summed E-state index contributed by atoms with van der Waals surface area (Å²) in [6.45, 7) is 3.05. The maximum Gasteiger partial charge on any atom is 0.336 e. The first-order valence-electron chi connectivity index (χ1n) is 7.61. The van der Waals surface area contributed by atoms with Crippen LogP contribution in [0.4, 0.5) is 5.69 Å². The number of aliphatic hydroxyl groups is 1. The molecule has 0 radical (unpaired) electrons. The number of fused-ring (bicyclic) bond motifs is 1. The number of aryl methyl sites for hydroxylation is 1. The highest BCUT2D eigenvalue weighted by Gasteiger charge is 2.11. The molecule has 0 unspecified atom stereocenters. The maximum absolute atomic E-state index is 11.9. The van der Waals surface area contributed by atoms with Crippen LogP contribution in [0.1, 0.15) is 11.1 Å². The molecule has 0 bridgehead atoms. The molecule has 0 saturated carbocycles. The van der Waals surface area contributed by atoms with E-state index in [4.69, 9.17) is 4.42 Å². The van der Waals surface area contributed by atoms with Crippen LogP contribution in [0.25, 0.3) is 11.0 Å². The van der Waals surface area contributed by atoms with E-state index >= 15 is 0 Å². The SMILES string of the molecule is Cc1ccc2c(CN(CCO)c3ccccc3)cc(=O)oc2c1. The van der Waals surface area contributed by atoms with Crippen molar-refractivity contribution in [2.24, 2.45) is 0 Å². The van der Waals surface area contributed by atoms with Gasteiger partial charge in [0.05, 0.1) is 6.61 Å². The van der Waals surface area contributed by atoms with Crippen LogP contribution >= 0.6 is 0 Å². The zero-order valence-corrected chi connectivity index (χ0v) is 13.0. The van der Waals surface area contributed by atoms with Crippen molar-refractivity contribution >= 4 is 16.7 Å². The molecule has 2 aromatic carbocycles. The van der Waals surface area contributed by atoms with Crippen LogP contribution in [-0.4, -0.2) is 18.3 Å². The van der Waals surface area contributed by atoms with Crippen LogP contribution in [0.2, 0.25) is 0 Å². The van der Waals surface area contributed by atoms with Gasteiger partial charge in [-0.3, -0.25) is 0 Å². The standard InChI is InChI=1S/C19H19NO3/c1-14-7-8-17-15(12-19(22)23-18(17)11-14)13-20(9-10-21)16-5-3-2-4-6-16/h2-8,11-12,21H,9-10,13H2,1H3. The minimum Gasteiger partial charge on any atom is -0.423 e. The first-order valence-corrected chi connectivity index (χ1v) is 7.61. The number of aliphatic hydroxyl groups excluding tert-OH is 1. The van der Waals surface area contributed by atoms with E-state index in [9.17, 15) is 9.90 Å². The van der Waals surface area contributed by atoms with Gasteiger partial charge in [-0.2, -0.15) is 0 Å². The molecule has 3 aromatic rings. The summed E-state index contributed by atoms with van der Waals surface area (Å²) in [5.41, 5.74) is 3.20. The number of hydrogen-bond donors (Lipinski definition) is 1. The summed E-state index contributed by atoms with van der Waals surface area (Å²) in [6, 6.07) is 17.2. The lowest BCUT2D eigenvalue weighted by Gasteiger charge is -2.24. The second-order valence-corrected chi connectivity index (χ2v) is 5.57. The molecule has 0 atom stereocenters. The molecule has 4 heteroatoms. The van der Waals surface area contributed by atoms with E-state index in [0.717, 1.165) is 22.2 Å². The molecule has 0 saturated heterocycles. The number of hydrogen-bond acceptors (Lipinski definition) is 4. The first-order chi connectivity index (χ1) is 11.2. The second-order valence-electron chi connectivity index (χ2n) is 5.57. The molecule has 0 fully saturated rings. The summed E-state index contributed by atoms with van der Waals surface area (Å²) in [6.07, 6.45) is 0. The van der Waals surface area contributed by atoms with Gasteiger partial charge in [0.1, 0.15) is 5.58 Å². The van der Waals surface area contributed by atoms with E-state index in [1.807, 2.05) is 60.4 Å². The Kier molecular flexibility index (Phi) is 4.44. The van der Waals surface area contributed by atoms with Gasteiger partial charge < -0.3 is 14.4 Å². The number of nitrogens with zero attached hydrogens (tertiary/aromatic N) is 1. The van der Waals surface area contributed by atoms with Gasteiger partial charge in [-0.25, -0.2) is 4.79 Å². The van der Waals surface area contributed by atoms with E-state index in [1.165, 1.54) is 6.07 Å². The highest BCUT2D eigenvalue weighted by atomic mass is 16.4. The van der Waals surface area contributed by atoms with Gasteiger partial charge in [-0.15, -0.1) is 0 Å². The number of benzene rings is 2. The largest absolute Gasteiger partial charge is 0.423 e. The van der Waals surface area contributed by atoms with Crippen molar-refractivity contribution in [2.45, 2.75) is 13.5 Å². The molecule has 0 aliphatic carbocycles. The molecule has 4 nitrogen and oxygen atoms in total. The van der Waals surface area contributed by atoms with E-state index in [-0.39, 0.29) is 12.2 Å². The minimum absolute atomic E-state index is 0.0490. The average Bonchev–Trinajstić information content (AvgIpc) is 2.54. The third-order valence-corrected chi connectivity index (χ3v) is 3.84. The fourth-order valence-electron chi connectivity index (χ4n) is 2.73. The van der Waals surface area contributed by atoms with E-state index < -0.39 is 0 Å². The van der Waals surface area contributed by atoms with Crippen molar-refractivity contribution in [1.29, 1.82) is 0 Å². The molecule has 0 spiro atoms. The Balaban J connectivity index is 2.03. The second kappa shape index (κ2) is 6.67. The topological polar surface area (TPSA) is 53.7 Å². The first kappa shape index (κ1) is 15.3. The molecule has 1 aromatic heterocycles. The van der Waals surface area contributed by atoms with Gasteiger partial charge in [0.25, 0.3) is 0 Å². The molecule has 3 rings (SSSR count). The fraction of sp³-hybridized carbons (Fsp3) is 0.211. The molecular weight excluding hydrogens is 290 g/mol. The van der Waals surface area contributed by atoms with Crippen LogP contribution in [0.5, 0.6) is 0 Å². The number of para-hydroxylation sites is 1. The van der Waals surface area contributed by atoms with Gasteiger partial charge >= 0.3 is 5.63 Å². The van der Waals surface area contributed by atoms with Crippen molar-refractivity contribution < 1.29 is 9.52 Å². The normalized spacial score (nSPS) is 10.9. The highest BCUT2D eigenvalue weighted by Crippen LogP contribution is 2.22. The van der Waals surface area contributed by atoms with Crippen molar-refractivity contribution in [1.82, 2.24) is 0 Å². The molecule has 0 aliphatic heterocycles. The van der Waals surface area contributed by atoms with Crippen LogP contribution < -0.4 is 10.5 Å². The Labute approximate surface area is 134 Å². The third kappa shape index (κ3) is 3.43. The van der Waals surface area contributed by atoms with Gasteiger partial charge in [0, 0.05) is 30.2 Å². The van der Waals surface area contributed by atoms with Crippen molar-refractivity contribution in [3.8, 4) is 0 Å². The molecule has 1 heterocycles. The summed E-state index contributed by atoms with van der Waals surface area (Å²) in [5.74, 6) is 0. The van der Waals surface area contributed by atoms with Crippen LogP contribution in [-0.2, 0) is 6.54 Å². The zero-order valence-electron chi connectivity index (χ0n) is 13.0. The van der Waals surface area contributed by atoms with Crippen molar-refractivity contribution in [3.05, 3.63) is 76.1 Å². The van der Waals surface area contributed by atoms with Crippen LogP contribution in [0.3, 0.4) is 0 Å². The van der Waals surface area contributed by atoms with Crippen LogP contribution in [0, 0.1) is 6.92 Å². The molecule has 0 amide bonds. The Morgan fingerprint density at radius 2 is 1.87 bits per heavy atom. The van der Waals surface area contributed by atoms with E-state index in [0.29, 0.717) is 18.7 Å². The zero-order chi connectivity index (χ0) is 16.2. The Morgan fingerprint density at radius 3 is 2.61 bits per heavy atom.